The number of aliphatic hydroxyl groups is 1. The van der Waals surface area contributed by atoms with Gasteiger partial charge in [-0.25, -0.2) is 4.39 Å². The van der Waals surface area contributed by atoms with E-state index in [9.17, 15) is 22.7 Å². The first kappa shape index (κ1) is 32.3. The second kappa shape index (κ2) is 14.4. The first-order valence-corrected chi connectivity index (χ1v) is 17.0. The first-order valence-electron chi connectivity index (χ1n) is 16.0. The number of aromatic nitrogens is 2. The predicted octanol–water partition coefficient (Wildman–Crippen LogP) is 5.11. The van der Waals surface area contributed by atoms with Crippen LogP contribution in [0.15, 0.2) is 47.4 Å². The van der Waals surface area contributed by atoms with E-state index >= 15 is 0 Å². The van der Waals surface area contributed by atoms with Crippen LogP contribution in [0.5, 0.6) is 0 Å². The molecule has 0 aliphatic carbocycles. The maximum absolute atomic E-state index is 14.0. The number of likely N-dealkylation sites (tertiary alicyclic amines) is 1. The molecule has 2 aromatic carbocycles. The fourth-order valence-corrected chi connectivity index (χ4v) is 7.81. The number of hydrogen-bond donors (Lipinski definition) is 2. The van der Waals surface area contributed by atoms with Crippen LogP contribution in [0.3, 0.4) is 0 Å². The normalized spacial score (nSPS) is 19.1. The third-order valence-electron chi connectivity index (χ3n) is 9.10. The Bertz CT molecular complexity index is 1420. The van der Waals surface area contributed by atoms with Crippen molar-refractivity contribution >= 4 is 17.4 Å². The van der Waals surface area contributed by atoms with Gasteiger partial charge in [-0.2, -0.15) is 18.3 Å². The van der Waals surface area contributed by atoms with Gasteiger partial charge in [0, 0.05) is 91.9 Å². The number of piperazine rings is 1. The average molecular weight is 647 g/mol. The van der Waals surface area contributed by atoms with Gasteiger partial charge in [0.2, 0.25) is 0 Å². The molecule has 2 N–H and O–H groups in total. The molecule has 0 saturated carbocycles. The van der Waals surface area contributed by atoms with Gasteiger partial charge in [-0.15, -0.1) is 11.8 Å². The third kappa shape index (κ3) is 8.02. The maximum Gasteiger partial charge on any atom is 0.417 e. The summed E-state index contributed by atoms with van der Waals surface area (Å²) in [5.74, 6) is 0.353. The van der Waals surface area contributed by atoms with E-state index in [4.69, 9.17) is 5.10 Å². The maximum atomic E-state index is 14.0. The lowest BCUT2D eigenvalue weighted by molar-refractivity contribution is -0.139. The number of β-amino-alcohol motifs (C(OH)–C–C–N with tert-alkyl or cyclic N) is 1. The monoisotopic (exact) mass is 646 g/mol. The summed E-state index contributed by atoms with van der Waals surface area (Å²) in [6.07, 6.45) is -0.813. The predicted molar refractivity (Wildman–Crippen MR) is 170 cm³/mol. The van der Waals surface area contributed by atoms with Crippen molar-refractivity contribution < 1.29 is 22.7 Å². The van der Waals surface area contributed by atoms with Crippen LogP contribution in [0.25, 0.3) is 11.3 Å². The number of fused-ring (bicyclic) bond motifs is 1. The van der Waals surface area contributed by atoms with Crippen molar-refractivity contribution in [1.82, 2.24) is 24.9 Å². The molecular formula is C33H42F4N6OS. The second-order valence-corrected chi connectivity index (χ2v) is 13.4. The van der Waals surface area contributed by atoms with E-state index in [1.54, 1.807) is 18.2 Å². The Kier molecular flexibility index (Phi) is 10.4. The molecule has 2 saturated heterocycles. The number of hydrogen-bond acceptors (Lipinski definition) is 7. The largest absolute Gasteiger partial charge is 0.417 e. The Morgan fingerprint density at radius 2 is 1.67 bits per heavy atom. The zero-order valence-electron chi connectivity index (χ0n) is 25.5. The minimum Gasteiger partial charge on any atom is -0.390 e. The molecule has 3 aliphatic rings. The number of aliphatic hydroxyl groups excluding tert-OH is 1. The summed E-state index contributed by atoms with van der Waals surface area (Å²) in [6, 6.07) is 10.9. The molecule has 6 rings (SSSR count). The van der Waals surface area contributed by atoms with E-state index in [0.29, 0.717) is 36.6 Å². The fraction of sp³-hybridized carbons (Fsp3) is 0.545. The molecule has 0 radical (unpaired) electrons. The lowest BCUT2D eigenvalue weighted by Crippen LogP contribution is -2.49. The molecule has 1 aromatic heterocycles. The van der Waals surface area contributed by atoms with E-state index in [2.05, 4.69) is 20.0 Å². The van der Waals surface area contributed by atoms with Crippen LogP contribution in [-0.4, -0.2) is 95.4 Å². The Morgan fingerprint density at radius 1 is 0.911 bits per heavy atom. The van der Waals surface area contributed by atoms with Crippen LogP contribution in [0.2, 0.25) is 0 Å². The molecule has 45 heavy (non-hydrogen) atoms. The number of nitrogens with zero attached hydrogens (tertiary/aromatic N) is 5. The van der Waals surface area contributed by atoms with Crippen molar-refractivity contribution in [3.63, 3.8) is 0 Å². The SMILES string of the molecule is OC(CN1CCN(c2ccc(F)cc2)CC1)Cn1nc(-c2ccc(C(F)(F)F)c(SCCN3CCCCC3)c2)c2c1CCNC2. The zero-order chi connectivity index (χ0) is 31.4. The van der Waals surface area contributed by atoms with Crippen molar-refractivity contribution in [1.29, 1.82) is 0 Å². The van der Waals surface area contributed by atoms with E-state index in [-0.39, 0.29) is 10.7 Å². The van der Waals surface area contributed by atoms with Crippen LogP contribution >= 0.6 is 11.8 Å². The summed E-state index contributed by atoms with van der Waals surface area (Å²) in [7, 11) is 0. The van der Waals surface area contributed by atoms with Crippen LogP contribution in [0, 0.1) is 5.82 Å². The molecule has 3 aromatic rings. The number of rotatable bonds is 10. The summed E-state index contributed by atoms with van der Waals surface area (Å²) < 4.78 is 57.2. The molecule has 4 heterocycles. The number of thioether (sulfide) groups is 1. The van der Waals surface area contributed by atoms with E-state index in [0.717, 1.165) is 88.6 Å². The first-order chi connectivity index (χ1) is 21.7. The van der Waals surface area contributed by atoms with Crippen molar-refractivity contribution in [3.8, 4) is 11.3 Å². The Labute approximate surface area is 266 Å². The lowest BCUT2D eigenvalue weighted by Gasteiger charge is -2.37. The highest BCUT2D eigenvalue weighted by Gasteiger charge is 2.34. The minimum atomic E-state index is -4.43. The molecule has 12 heteroatoms. The van der Waals surface area contributed by atoms with Crippen LogP contribution in [0.4, 0.5) is 23.2 Å². The standard InChI is InChI=1S/C33H42F4N6OS/c34-25-5-7-26(8-6-25)42-16-14-41(15-17-42)22-27(44)23-43-30-10-11-38-21-28(30)32(39-43)24-4-9-29(33(35,36)37)31(20-24)45-19-18-40-12-2-1-3-13-40/h4-9,20,27,38,44H,1-3,10-19,21-23H2. The van der Waals surface area contributed by atoms with Crippen molar-refractivity contribution in [2.24, 2.45) is 0 Å². The topological polar surface area (TPSA) is 59.8 Å². The molecule has 3 aliphatic heterocycles. The van der Waals surface area contributed by atoms with E-state index in [1.165, 1.54) is 42.4 Å². The van der Waals surface area contributed by atoms with Gasteiger partial charge in [-0.1, -0.05) is 12.5 Å². The van der Waals surface area contributed by atoms with Gasteiger partial charge >= 0.3 is 6.18 Å². The van der Waals surface area contributed by atoms with E-state index < -0.39 is 17.8 Å². The molecule has 244 valence electrons. The van der Waals surface area contributed by atoms with Crippen molar-refractivity contribution in [2.45, 2.75) is 55.9 Å². The molecule has 2 fully saturated rings. The van der Waals surface area contributed by atoms with Crippen LogP contribution in [-0.2, 0) is 25.7 Å². The van der Waals surface area contributed by atoms with E-state index in [1.807, 2.05) is 4.68 Å². The fourth-order valence-electron chi connectivity index (χ4n) is 6.69. The van der Waals surface area contributed by atoms with Gasteiger partial charge in [0.25, 0.3) is 0 Å². The number of benzene rings is 2. The number of nitrogens with one attached hydrogen (secondary N) is 1. The Hall–Kier alpha value is -2.64. The van der Waals surface area contributed by atoms with Gasteiger partial charge < -0.3 is 20.2 Å². The minimum absolute atomic E-state index is 0.240. The van der Waals surface area contributed by atoms with Gasteiger partial charge in [0.05, 0.1) is 23.9 Å². The van der Waals surface area contributed by atoms with Crippen molar-refractivity contribution in [3.05, 3.63) is 65.1 Å². The number of piperidine rings is 1. The molecule has 1 atom stereocenters. The highest BCUT2D eigenvalue weighted by molar-refractivity contribution is 7.99. The van der Waals surface area contributed by atoms with Gasteiger partial charge in [0.15, 0.2) is 0 Å². The lowest BCUT2D eigenvalue weighted by atomic mass is 10.0. The summed E-state index contributed by atoms with van der Waals surface area (Å²) in [5, 5.41) is 19.4. The second-order valence-electron chi connectivity index (χ2n) is 12.3. The molecule has 0 bridgehead atoms. The van der Waals surface area contributed by atoms with Crippen molar-refractivity contribution in [2.75, 3.05) is 69.6 Å². The highest BCUT2D eigenvalue weighted by Crippen LogP contribution is 2.40. The molecule has 0 spiro atoms. The van der Waals surface area contributed by atoms with Gasteiger partial charge in [-0.05, 0) is 62.3 Å². The number of anilines is 1. The summed E-state index contributed by atoms with van der Waals surface area (Å²) in [4.78, 5) is 7.03. The average Bonchev–Trinajstić information content (AvgIpc) is 3.40. The molecular weight excluding hydrogens is 604 g/mol. The van der Waals surface area contributed by atoms with Gasteiger partial charge in [0.1, 0.15) is 5.82 Å². The summed E-state index contributed by atoms with van der Waals surface area (Å²) >= 11 is 1.27. The quantitative estimate of drug-likeness (QED) is 0.235. The Balaban J connectivity index is 1.14. The smallest absolute Gasteiger partial charge is 0.390 e. The summed E-state index contributed by atoms with van der Waals surface area (Å²) in [5.41, 5.74) is 3.77. The zero-order valence-corrected chi connectivity index (χ0v) is 26.4. The highest BCUT2D eigenvalue weighted by atomic mass is 32.2. The summed E-state index contributed by atoms with van der Waals surface area (Å²) in [6.45, 7) is 8.14. The molecule has 1 unspecified atom stereocenters. The van der Waals surface area contributed by atoms with Gasteiger partial charge in [-0.3, -0.25) is 9.58 Å². The third-order valence-corrected chi connectivity index (χ3v) is 10.1. The number of halogens is 4. The van der Waals surface area contributed by atoms with Crippen LogP contribution in [0.1, 0.15) is 36.1 Å². The Morgan fingerprint density at radius 3 is 2.40 bits per heavy atom. The number of alkyl halides is 3. The molecule has 7 nitrogen and oxygen atoms in total. The molecule has 0 amide bonds. The van der Waals surface area contributed by atoms with Crippen LogP contribution < -0.4 is 10.2 Å².